The van der Waals surface area contributed by atoms with Crippen molar-refractivity contribution in [1.29, 1.82) is 0 Å². The number of ketones is 2. The molecule has 0 unspecified atom stereocenters. The number of para-hydroxylation sites is 1. The first kappa shape index (κ1) is 24.0. The van der Waals surface area contributed by atoms with E-state index in [-0.39, 0.29) is 30.3 Å². The highest BCUT2D eigenvalue weighted by Gasteiger charge is 2.60. The molecule has 0 bridgehead atoms. The van der Waals surface area contributed by atoms with Crippen molar-refractivity contribution in [2.45, 2.75) is 38.8 Å². The molecular formula is C29H27N3O6. The molecule has 1 fully saturated rings. The van der Waals surface area contributed by atoms with Crippen LogP contribution < -0.4 is 16.1 Å². The van der Waals surface area contributed by atoms with Gasteiger partial charge in [0.25, 0.3) is 0 Å². The fraction of sp³-hybridized carbons (Fsp3) is 0.310. The highest BCUT2D eigenvalue weighted by molar-refractivity contribution is 6.13. The molecule has 1 aliphatic heterocycles. The Hall–Kier alpha value is -4.40. The normalized spacial score (nSPS) is 26.1. The quantitative estimate of drug-likeness (QED) is 0.539. The third-order valence-corrected chi connectivity index (χ3v) is 8.47. The van der Waals surface area contributed by atoms with Gasteiger partial charge in [0.1, 0.15) is 11.5 Å². The maximum atomic E-state index is 13.9. The highest BCUT2D eigenvalue weighted by atomic mass is 16.5. The molecule has 194 valence electrons. The Balaban J connectivity index is 1.63. The molecule has 0 amide bonds. The summed E-state index contributed by atoms with van der Waals surface area (Å²) in [6.07, 6.45) is 3.39. The summed E-state index contributed by atoms with van der Waals surface area (Å²) in [5.41, 5.74) is -0.341. The number of aromatic nitrogens is 3. The van der Waals surface area contributed by atoms with Gasteiger partial charge in [-0.1, -0.05) is 37.3 Å². The zero-order chi connectivity index (χ0) is 26.9. The van der Waals surface area contributed by atoms with E-state index in [2.05, 4.69) is 0 Å². The smallest absolute Gasteiger partial charge is 0.352 e. The van der Waals surface area contributed by atoms with E-state index in [1.165, 1.54) is 28.6 Å². The van der Waals surface area contributed by atoms with E-state index >= 15 is 0 Å². The zero-order valence-corrected chi connectivity index (χ0v) is 21.2. The Morgan fingerprint density at radius 1 is 1.00 bits per heavy atom. The number of Topliss-reactive ketones (excluding diaryl/α,β-unsaturated/α-hetero) is 1. The molecule has 4 atom stereocenters. The molecule has 0 radical (unpaired) electrons. The maximum Gasteiger partial charge on any atom is 0.352 e. The van der Waals surface area contributed by atoms with Crippen molar-refractivity contribution in [3.05, 3.63) is 98.4 Å². The number of nitrogens with zero attached hydrogens (tertiary/aromatic N) is 3. The van der Waals surface area contributed by atoms with Crippen LogP contribution in [-0.2, 0) is 16.1 Å². The molecular weight excluding hydrogens is 486 g/mol. The number of phenols is 1. The van der Waals surface area contributed by atoms with Gasteiger partial charge in [-0.05, 0) is 54.8 Å². The van der Waals surface area contributed by atoms with Crippen LogP contribution in [0.15, 0.2) is 81.4 Å². The van der Waals surface area contributed by atoms with Crippen LogP contribution in [0.1, 0.15) is 37.8 Å². The van der Waals surface area contributed by atoms with E-state index in [9.17, 15) is 24.3 Å². The summed E-state index contributed by atoms with van der Waals surface area (Å²) in [5, 5.41) is 11.1. The minimum Gasteiger partial charge on any atom is -0.508 e. The van der Waals surface area contributed by atoms with Crippen molar-refractivity contribution < 1.29 is 19.4 Å². The van der Waals surface area contributed by atoms with E-state index in [4.69, 9.17) is 4.74 Å². The number of rotatable bonds is 3. The molecule has 9 nitrogen and oxygen atoms in total. The summed E-state index contributed by atoms with van der Waals surface area (Å²) in [7, 11) is 1.48. The van der Waals surface area contributed by atoms with Crippen molar-refractivity contribution >= 4 is 11.6 Å². The van der Waals surface area contributed by atoms with Crippen molar-refractivity contribution in [2.24, 2.45) is 11.3 Å². The van der Waals surface area contributed by atoms with Gasteiger partial charge >= 0.3 is 11.4 Å². The van der Waals surface area contributed by atoms with Crippen LogP contribution in [0.25, 0.3) is 5.69 Å². The van der Waals surface area contributed by atoms with Gasteiger partial charge in [0.15, 0.2) is 11.6 Å². The molecule has 0 spiro atoms. The number of carbonyl (C=O) groups is 2. The van der Waals surface area contributed by atoms with Gasteiger partial charge < -0.3 is 9.84 Å². The Bertz CT molecular complexity index is 1690. The number of ether oxygens (including phenoxy) is 1. The van der Waals surface area contributed by atoms with Crippen LogP contribution in [0.4, 0.5) is 0 Å². The fourth-order valence-electron chi connectivity index (χ4n) is 6.76. The average molecular weight is 514 g/mol. The van der Waals surface area contributed by atoms with Gasteiger partial charge in [-0.25, -0.2) is 23.5 Å². The van der Waals surface area contributed by atoms with Gasteiger partial charge in [0.05, 0.1) is 30.8 Å². The molecule has 1 saturated carbocycles. The molecule has 6 rings (SSSR count). The van der Waals surface area contributed by atoms with E-state index in [1.54, 1.807) is 56.3 Å². The fourth-order valence-corrected chi connectivity index (χ4v) is 6.76. The summed E-state index contributed by atoms with van der Waals surface area (Å²) in [4.78, 5) is 54.5. The van der Waals surface area contributed by atoms with E-state index in [0.717, 1.165) is 4.57 Å². The van der Waals surface area contributed by atoms with Crippen molar-refractivity contribution in [3.63, 3.8) is 0 Å². The second kappa shape index (κ2) is 8.31. The minimum absolute atomic E-state index is 0.0690. The number of hydrogen-bond acceptors (Lipinski definition) is 6. The first-order valence-corrected chi connectivity index (χ1v) is 12.5. The lowest BCUT2D eigenvalue weighted by Crippen LogP contribution is -2.54. The second-order valence-electron chi connectivity index (χ2n) is 10.3. The molecule has 38 heavy (non-hydrogen) atoms. The highest BCUT2D eigenvalue weighted by Crippen LogP contribution is 2.62. The molecule has 2 aromatic carbocycles. The van der Waals surface area contributed by atoms with Gasteiger partial charge in [-0.3, -0.25) is 9.59 Å². The Morgan fingerprint density at radius 3 is 2.45 bits per heavy atom. The van der Waals surface area contributed by atoms with Crippen LogP contribution in [0.3, 0.4) is 0 Å². The number of phenolic OH excluding ortho intramolecular Hbond substituents is 1. The number of carbonyl (C=O) groups excluding carboxylic acids is 2. The third-order valence-electron chi connectivity index (χ3n) is 8.47. The van der Waals surface area contributed by atoms with E-state index in [0.29, 0.717) is 28.1 Å². The lowest BCUT2D eigenvalue weighted by Gasteiger charge is -2.52. The molecule has 9 heteroatoms. The maximum absolute atomic E-state index is 13.9. The van der Waals surface area contributed by atoms with Crippen LogP contribution in [0, 0.1) is 11.3 Å². The largest absolute Gasteiger partial charge is 0.508 e. The minimum atomic E-state index is -1.22. The second-order valence-corrected chi connectivity index (χ2v) is 10.3. The molecule has 3 aliphatic rings. The van der Waals surface area contributed by atoms with Crippen LogP contribution >= 0.6 is 0 Å². The number of fused-ring (bicyclic) bond motifs is 4. The Labute approximate surface area is 217 Å². The molecule has 1 N–H and O–H groups in total. The molecule has 2 heterocycles. The topological polar surface area (TPSA) is 113 Å². The lowest BCUT2D eigenvalue weighted by atomic mass is 9.50. The van der Waals surface area contributed by atoms with E-state index in [1.807, 2.05) is 6.08 Å². The SMILES string of the molecule is COc1cccc(O)c1[C@H]1C2=CCn3c(=O)n(-c4ccccc4)c(=O)n3[C@@H]2C[C@H]2C(=O)C=C(C)C(=O)[C@@]12C. The monoisotopic (exact) mass is 513 g/mol. The van der Waals surface area contributed by atoms with Gasteiger partial charge in [-0.15, -0.1) is 0 Å². The standard InChI is InChI=1S/C29H27N3O6/c1-16-14-22(34)19-15-20-18(25(29(19,2)26(16)35)24-21(33)10-7-11-23(24)38-3)12-13-30-27(36)31(28(37)32(20)30)17-8-5-4-6-9-17/h4-12,14,19-20,25,33H,13,15H2,1-3H3/t19-,20+,25+,29+/m0/s1. The van der Waals surface area contributed by atoms with Crippen LogP contribution in [-0.4, -0.2) is 37.7 Å². The van der Waals surface area contributed by atoms with Gasteiger partial charge in [0, 0.05) is 17.4 Å². The number of benzene rings is 2. The van der Waals surface area contributed by atoms with Gasteiger partial charge in [0.2, 0.25) is 0 Å². The first-order chi connectivity index (χ1) is 18.2. The summed E-state index contributed by atoms with van der Waals surface area (Å²) < 4.78 is 9.53. The summed E-state index contributed by atoms with van der Waals surface area (Å²) >= 11 is 0. The Morgan fingerprint density at radius 2 is 1.74 bits per heavy atom. The average Bonchev–Trinajstić information content (AvgIpc) is 3.17. The van der Waals surface area contributed by atoms with Crippen molar-refractivity contribution in [3.8, 4) is 17.2 Å². The van der Waals surface area contributed by atoms with Crippen molar-refractivity contribution in [1.82, 2.24) is 13.9 Å². The third kappa shape index (κ3) is 3.04. The van der Waals surface area contributed by atoms with Gasteiger partial charge in [-0.2, -0.15) is 0 Å². The number of hydrogen-bond donors (Lipinski definition) is 1. The van der Waals surface area contributed by atoms with Crippen LogP contribution in [0.5, 0.6) is 11.5 Å². The number of aromatic hydroxyl groups is 1. The number of methoxy groups -OCH3 is 1. The summed E-state index contributed by atoms with van der Waals surface area (Å²) in [6.45, 7) is 3.50. The number of allylic oxidation sites excluding steroid dienone is 4. The molecule has 0 saturated heterocycles. The molecule has 2 aliphatic carbocycles. The predicted molar refractivity (Wildman–Crippen MR) is 139 cm³/mol. The summed E-state index contributed by atoms with van der Waals surface area (Å²) in [6, 6.07) is 12.9. The molecule has 3 aromatic rings. The van der Waals surface area contributed by atoms with Crippen molar-refractivity contribution in [2.75, 3.05) is 7.11 Å². The predicted octanol–water partition coefficient (Wildman–Crippen LogP) is 2.90. The van der Waals surface area contributed by atoms with E-state index < -0.39 is 34.7 Å². The zero-order valence-electron chi connectivity index (χ0n) is 21.2. The lowest BCUT2D eigenvalue weighted by molar-refractivity contribution is -0.139. The Kier molecular flexibility index (Phi) is 5.24. The summed E-state index contributed by atoms with van der Waals surface area (Å²) in [5.74, 6) is -1.63. The molecule has 1 aromatic heterocycles. The first-order valence-electron chi connectivity index (χ1n) is 12.5. The van der Waals surface area contributed by atoms with Crippen LogP contribution in [0.2, 0.25) is 0 Å².